The summed E-state index contributed by atoms with van der Waals surface area (Å²) in [5, 5.41) is 0.457. The zero-order valence-electron chi connectivity index (χ0n) is 11.5. The molecule has 5 heteroatoms. The van der Waals surface area contributed by atoms with E-state index in [9.17, 15) is 4.79 Å². The summed E-state index contributed by atoms with van der Waals surface area (Å²) in [7, 11) is 1.63. The van der Waals surface area contributed by atoms with E-state index in [4.69, 9.17) is 16.3 Å². The summed E-state index contributed by atoms with van der Waals surface area (Å²) in [6.07, 6.45) is 0. The maximum atomic E-state index is 12.5. The SMILES string of the molecule is COCCN(CC(C)C)C(=O)c1cccc(Br)c1Cl. The number of rotatable bonds is 6. The highest BCUT2D eigenvalue weighted by molar-refractivity contribution is 9.10. The van der Waals surface area contributed by atoms with Gasteiger partial charge in [0.15, 0.2) is 0 Å². The molecule has 1 rings (SSSR count). The summed E-state index contributed by atoms with van der Waals surface area (Å²) in [4.78, 5) is 14.3. The topological polar surface area (TPSA) is 29.5 Å². The summed E-state index contributed by atoms with van der Waals surface area (Å²) in [5.41, 5.74) is 0.521. The largest absolute Gasteiger partial charge is 0.383 e. The van der Waals surface area contributed by atoms with Crippen LogP contribution >= 0.6 is 27.5 Å². The number of halogens is 2. The van der Waals surface area contributed by atoms with Crippen molar-refractivity contribution in [3.05, 3.63) is 33.3 Å². The van der Waals surface area contributed by atoms with Gasteiger partial charge in [-0.1, -0.05) is 31.5 Å². The van der Waals surface area contributed by atoms with Crippen LogP contribution in [0, 0.1) is 5.92 Å². The molecule has 0 aliphatic carbocycles. The van der Waals surface area contributed by atoms with E-state index in [1.165, 1.54) is 0 Å². The Kier molecular flexibility index (Phi) is 6.83. The minimum atomic E-state index is -0.0583. The predicted molar refractivity (Wildman–Crippen MR) is 81.8 cm³/mol. The molecule has 0 saturated heterocycles. The first-order chi connectivity index (χ1) is 8.97. The summed E-state index contributed by atoms with van der Waals surface area (Å²) in [6, 6.07) is 5.38. The molecule has 0 aliphatic rings. The molecule has 1 aromatic rings. The first-order valence-corrected chi connectivity index (χ1v) is 7.36. The second kappa shape index (κ2) is 7.88. The third-order valence-electron chi connectivity index (χ3n) is 2.62. The summed E-state index contributed by atoms with van der Waals surface area (Å²) >= 11 is 9.52. The van der Waals surface area contributed by atoms with Gasteiger partial charge in [0.05, 0.1) is 17.2 Å². The fourth-order valence-corrected chi connectivity index (χ4v) is 2.33. The molecule has 1 aromatic carbocycles. The maximum Gasteiger partial charge on any atom is 0.255 e. The van der Waals surface area contributed by atoms with E-state index in [0.717, 1.165) is 4.47 Å². The first-order valence-electron chi connectivity index (χ1n) is 6.19. The Morgan fingerprint density at radius 3 is 2.74 bits per heavy atom. The van der Waals surface area contributed by atoms with Crippen LogP contribution in [0.5, 0.6) is 0 Å². The highest BCUT2D eigenvalue weighted by atomic mass is 79.9. The van der Waals surface area contributed by atoms with Crippen molar-refractivity contribution in [1.29, 1.82) is 0 Å². The van der Waals surface area contributed by atoms with Crippen molar-refractivity contribution >= 4 is 33.4 Å². The molecule has 0 N–H and O–H groups in total. The standard InChI is InChI=1S/C14H19BrClNO2/c1-10(2)9-17(7-8-19-3)14(18)11-5-4-6-12(15)13(11)16/h4-6,10H,7-9H2,1-3H3. The maximum absolute atomic E-state index is 12.5. The van der Waals surface area contributed by atoms with Gasteiger partial charge < -0.3 is 9.64 Å². The molecular weight excluding hydrogens is 330 g/mol. The van der Waals surface area contributed by atoms with Gasteiger partial charge in [0, 0.05) is 24.7 Å². The molecule has 0 aliphatic heterocycles. The van der Waals surface area contributed by atoms with Crippen molar-refractivity contribution in [2.75, 3.05) is 26.8 Å². The van der Waals surface area contributed by atoms with Gasteiger partial charge in [-0.15, -0.1) is 0 Å². The number of benzene rings is 1. The number of carbonyl (C=O) groups excluding carboxylic acids is 1. The van der Waals surface area contributed by atoms with Crippen molar-refractivity contribution in [1.82, 2.24) is 4.90 Å². The number of hydrogen-bond donors (Lipinski definition) is 0. The lowest BCUT2D eigenvalue weighted by Crippen LogP contribution is -2.36. The number of hydrogen-bond acceptors (Lipinski definition) is 2. The van der Waals surface area contributed by atoms with Crippen molar-refractivity contribution in [3.63, 3.8) is 0 Å². The monoisotopic (exact) mass is 347 g/mol. The fourth-order valence-electron chi connectivity index (χ4n) is 1.76. The average Bonchev–Trinajstić information content (AvgIpc) is 2.36. The van der Waals surface area contributed by atoms with Crippen LogP contribution in [0.1, 0.15) is 24.2 Å². The molecule has 0 spiro atoms. The molecule has 19 heavy (non-hydrogen) atoms. The van der Waals surface area contributed by atoms with Crippen molar-refractivity contribution in [2.45, 2.75) is 13.8 Å². The summed E-state index contributed by atoms with van der Waals surface area (Å²) in [5.74, 6) is 0.337. The van der Waals surface area contributed by atoms with Crippen molar-refractivity contribution in [2.24, 2.45) is 5.92 Å². The Bertz CT molecular complexity index is 437. The smallest absolute Gasteiger partial charge is 0.255 e. The quantitative estimate of drug-likeness (QED) is 0.781. The number of methoxy groups -OCH3 is 1. The van der Waals surface area contributed by atoms with E-state index in [1.807, 2.05) is 12.1 Å². The lowest BCUT2D eigenvalue weighted by Gasteiger charge is -2.25. The minimum Gasteiger partial charge on any atom is -0.383 e. The molecular formula is C14H19BrClNO2. The van der Waals surface area contributed by atoms with E-state index in [-0.39, 0.29) is 5.91 Å². The van der Waals surface area contributed by atoms with E-state index in [2.05, 4.69) is 29.8 Å². The molecule has 0 radical (unpaired) electrons. The third kappa shape index (κ3) is 4.79. The van der Waals surface area contributed by atoms with Crippen LogP contribution in [0.4, 0.5) is 0 Å². The van der Waals surface area contributed by atoms with Crippen LogP contribution in [0.2, 0.25) is 5.02 Å². The van der Waals surface area contributed by atoms with Gasteiger partial charge in [-0.05, 0) is 34.0 Å². The Labute approximate surface area is 128 Å². The highest BCUT2D eigenvalue weighted by Gasteiger charge is 2.20. The van der Waals surface area contributed by atoms with Gasteiger partial charge in [-0.3, -0.25) is 4.79 Å². The van der Waals surface area contributed by atoms with Gasteiger partial charge in [0.25, 0.3) is 5.91 Å². The number of nitrogens with zero attached hydrogens (tertiary/aromatic N) is 1. The van der Waals surface area contributed by atoms with Crippen LogP contribution in [0.15, 0.2) is 22.7 Å². The second-order valence-corrected chi connectivity index (χ2v) is 5.97. The van der Waals surface area contributed by atoms with E-state index in [0.29, 0.717) is 36.2 Å². The predicted octanol–water partition coefficient (Wildman–Crippen LogP) is 3.85. The minimum absolute atomic E-state index is 0.0583. The number of amides is 1. The first kappa shape index (κ1) is 16.5. The Morgan fingerprint density at radius 1 is 1.47 bits per heavy atom. The summed E-state index contributed by atoms with van der Waals surface area (Å²) < 4.78 is 5.79. The fraction of sp³-hybridized carbons (Fsp3) is 0.500. The van der Waals surface area contributed by atoms with Crippen LogP contribution in [-0.2, 0) is 4.74 Å². The molecule has 1 amide bonds. The zero-order chi connectivity index (χ0) is 14.4. The summed E-state index contributed by atoms with van der Waals surface area (Å²) in [6.45, 7) is 5.93. The Hall–Kier alpha value is -0.580. The number of ether oxygens (including phenoxy) is 1. The molecule has 3 nitrogen and oxygen atoms in total. The highest BCUT2D eigenvalue weighted by Crippen LogP contribution is 2.27. The lowest BCUT2D eigenvalue weighted by atomic mass is 10.1. The normalized spacial score (nSPS) is 10.8. The van der Waals surface area contributed by atoms with Crippen LogP contribution in [0.25, 0.3) is 0 Å². The molecule has 0 unspecified atom stereocenters. The molecule has 0 heterocycles. The van der Waals surface area contributed by atoms with Crippen LogP contribution in [-0.4, -0.2) is 37.6 Å². The van der Waals surface area contributed by atoms with Crippen molar-refractivity contribution in [3.8, 4) is 0 Å². The zero-order valence-corrected chi connectivity index (χ0v) is 13.8. The van der Waals surface area contributed by atoms with Gasteiger partial charge in [0.2, 0.25) is 0 Å². The van der Waals surface area contributed by atoms with E-state index < -0.39 is 0 Å². The Morgan fingerprint density at radius 2 is 2.16 bits per heavy atom. The molecule has 0 saturated carbocycles. The molecule has 0 atom stereocenters. The van der Waals surface area contributed by atoms with E-state index in [1.54, 1.807) is 18.1 Å². The van der Waals surface area contributed by atoms with Crippen molar-refractivity contribution < 1.29 is 9.53 Å². The molecule has 0 fully saturated rings. The molecule has 0 bridgehead atoms. The molecule has 106 valence electrons. The molecule has 0 aromatic heterocycles. The lowest BCUT2D eigenvalue weighted by molar-refractivity contribution is 0.0672. The number of carbonyl (C=O) groups is 1. The second-order valence-electron chi connectivity index (χ2n) is 4.74. The van der Waals surface area contributed by atoms with Gasteiger partial charge >= 0.3 is 0 Å². The third-order valence-corrected chi connectivity index (χ3v) is 3.92. The van der Waals surface area contributed by atoms with Gasteiger partial charge in [-0.25, -0.2) is 0 Å². The Balaban J connectivity index is 2.94. The van der Waals surface area contributed by atoms with Crippen LogP contribution in [0.3, 0.4) is 0 Å². The van der Waals surface area contributed by atoms with Gasteiger partial charge in [0.1, 0.15) is 0 Å². The van der Waals surface area contributed by atoms with Gasteiger partial charge in [-0.2, -0.15) is 0 Å². The van der Waals surface area contributed by atoms with E-state index >= 15 is 0 Å². The van der Waals surface area contributed by atoms with Crippen LogP contribution < -0.4 is 0 Å². The average molecular weight is 349 g/mol.